The third-order valence-electron chi connectivity index (χ3n) is 4.51. The second kappa shape index (κ2) is 5.64. The van der Waals surface area contributed by atoms with Crippen LogP contribution in [0.15, 0.2) is 83.5 Å². The van der Waals surface area contributed by atoms with Crippen LogP contribution in [0, 0.1) is 0 Å². The third-order valence-corrected chi connectivity index (χ3v) is 5.03. The highest BCUT2D eigenvalue weighted by Gasteiger charge is 2.06. The van der Waals surface area contributed by atoms with Crippen molar-refractivity contribution in [3.63, 3.8) is 0 Å². The summed E-state index contributed by atoms with van der Waals surface area (Å²) in [5.74, 6) is 0. The SMILES string of the molecule is Brc1ccc(-c2cnc3cc4cc5ccccc5cc4cc3n2)cc1. The third kappa shape index (κ3) is 2.57. The van der Waals surface area contributed by atoms with Crippen LogP contribution in [0.5, 0.6) is 0 Å². The number of aromatic nitrogens is 2. The van der Waals surface area contributed by atoms with Gasteiger partial charge >= 0.3 is 0 Å². The average Bonchev–Trinajstić information content (AvgIpc) is 2.65. The summed E-state index contributed by atoms with van der Waals surface area (Å²) in [6.07, 6.45) is 1.85. The Bertz CT molecular complexity index is 1240. The van der Waals surface area contributed by atoms with Gasteiger partial charge in [-0.2, -0.15) is 0 Å². The quantitative estimate of drug-likeness (QED) is 0.314. The molecule has 0 aliphatic carbocycles. The largest absolute Gasteiger partial charge is 0.252 e. The fourth-order valence-corrected chi connectivity index (χ4v) is 3.47. The van der Waals surface area contributed by atoms with E-state index in [1.165, 1.54) is 21.5 Å². The summed E-state index contributed by atoms with van der Waals surface area (Å²) in [4.78, 5) is 9.46. The number of fused-ring (bicyclic) bond motifs is 3. The molecule has 2 nitrogen and oxygen atoms in total. The summed E-state index contributed by atoms with van der Waals surface area (Å²) in [5, 5.41) is 4.87. The molecule has 1 heterocycles. The van der Waals surface area contributed by atoms with E-state index in [0.29, 0.717) is 0 Å². The molecule has 0 saturated carbocycles. The van der Waals surface area contributed by atoms with E-state index in [-0.39, 0.29) is 0 Å². The van der Waals surface area contributed by atoms with Crippen molar-refractivity contribution in [1.82, 2.24) is 9.97 Å². The number of rotatable bonds is 1. The molecule has 118 valence electrons. The van der Waals surface area contributed by atoms with Crippen LogP contribution in [0.25, 0.3) is 43.8 Å². The summed E-state index contributed by atoms with van der Waals surface area (Å²) in [6.45, 7) is 0. The Morgan fingerprint density at radius 2 is 1.28 bits per heavy atom. The van der Waals surface area contributed by atoms with Crippen LogP contribution in [-0.4, -0.2) is 9.97 Å². The maximum atomic E-state index is 4.83. The zero-order chi connectivity index (χ0) is 16.8. The molecule has 4 aromatic carbocycles. The molecule has 0 N–H and O–H groups in total. The lowest BCUT2D eigenvalue weighted by Crippen LogP contribution is -1.89. The molecule has 0 fully saturated rings. The number of hydrogen-bond acceptors (Lipinski definition) is 2. The van der Waals surface area contributed by atoms with Gasteiger partial charge in [-0.15, -0.1) is 0 Å². The molecule has 0 aliphatic heterocycles. The maximum Gasteiger partial charge on any atom is 0.0900 e. The fourth-order valence-electron chi connectivity index (χ4n) is 3.21. The first-order valence-corrected chi connectivity index (χ1v) is 8.91. The molecule has 0 atom stereocenters. The van der Waals surface area contributed by atoms with Crippen LogP contribution in [0.3, 0.4) is 0 Å². The molecule has 25 heavy (non-hydrogen) atoms. The van der Waals surface area contributed by atoms with Gasteiger partial charge < -0.3 is 0 Å². The Morgan fingerprint density at radius 1 is 0.640 bits per heavy atom. The zero-order valence-corrected chi connectivity index (χ0v) is 14.9. The van der Waals surface area contributed by atoms with Crippen molar-refractivity contribution < 1.29 is 0 Å². The maximum absolute atomic E-state index is 4.83. The molecular weight excluding hydrogens is 372 g/mol. The average molecular weight is 385 g/mol. The van der Waals surface area contributed by atoms with E-state index in [1.807, 2.05) is 18.3 Å². The van der Waals surface area contributed by atoms with Crippen LogP contribution in [0.2, 0.25) is 0 Å². The first-order chi connectivity index (χ1) is 12.3. The molecule has 0 unspecified atom stereocenters. The number of nitrogens with zero attached hydrogens (tertiary/aromatic N) is 2. The van der Waals surface area contributed by atoms with Gasteiger partial charge in [0.2, 0.25) is 0 Å². The van der Waals surface area contributed by atoms with Crippen LogP contribution >= 0.6 is 15.9 Å². The van der Waals surface area contributed by atoms with Crippen molar-refractivity contribution in [2.75, 3.05) is 0 Å². The Hall–Kier alpha value is -2.78. The Labute approximate surface area is 153 Å². The van der Waals surface area contributed by atoms with Gasteiger partial charge in [0.1, 0.15) is 0 Å². The molecule has 0 aliphatic rings. The summed E-state index contributed by atoms with van der Waals surface area (Å²) in [7, 11) is 0. The topological polar surface area (TPSA) is 25.8 Å². The zero-order valence-electron chi connectivity index (χ0n) is 13.3. The van der Waals surface area contributed by atoms with E-state index >= 15 is 0 Å². The molecule has 0 radical (unpaired) electrons. The van der Waals surface area contributed by atoms with E-state index in [4.69, 9.17) is 4.98 Å². The van der Waals surface area contributed by atoms with Gasteiger partial charge in [-0.05, 0) is 57.9 Å². The molecule has 1 aromatic heterocycles. The molecule has 5 rings (SSSR count). The van der Waals surface area contributed by atoms with E-state index < -0.39 is 0 Å². The lowest BCUT2D eigenvalue weighted by molar-refractivity contribution is 1.30. The second-order valence-corrected chi connectivity index (χ2v) is 7.07. The Balaban J connectivity index is 1.73. The molecule has 0 bridgehead atoms. The number of halogens is 1. The lowest BCUT2D eigenvalue weighted by Gasteiger charge is -2.06. The summed E-state index contributed by atoms with van der Waals surface area (Å²) in [5.41, 5.74) is 3.79. The van der Waals surface area contributed by atoms with Gasteiger partial charge in [-0.1, -0.05) is 52.3 Å². The molecule has 0 amide bonds. The van der Waals surface area contributed by atoms with E-state index in [9.17, 15) is 0 Å². The van der Waals surface area contributed by atoms with Crippen molar-refractivity contribution in [3.8, 4) is 11.3 Å². The van der Waals surface area contributed by atoms with Gasteiger partial charge in [0.05, 0.1) is 22.9 Å². The van der Waals surface area contributed by atoms with Crippen molar-refractivity contribution >= 4 is 48.5 Å². The first kappa shape index (κ1) is 14.6. The van der Waals surface area contributed by atoms with E-state index in [0.717, 1.165) is 26.8 Å². The van der Waals surface area contributed by atoms with Crippen molar-refractivity contribution in [2.45, 2.75) is 0 Å². The van der Waals surface area contributed by atoms with Crippen LogP contribution in [-0.2, 0) is 0 Å². The van der Waals surface area contributed by atoms with Gasteiger partial charge in [0.15, 0.2) is 0 Å². The molecular formula is C22H13BrN2. The minimum Gasteiger partial charge on any atom is -0.252 e. The summed E-state index contributed by atoms with van der Waals surface area (Å²) < 4.78 is 1.06. The number of benzene rings is 4. The van der Waals surface area contributed by atoms with Crippen molar-refractivity contribution in [2.24, 2.45) is 0 Å². The Morgan fingerprint density at radius 3 is 1.96 bits per heavy atom. The number of hydrogen-bond donors (Lipinski definition) is 0. The fraction of sp³-hybridized carbons (Fsp3) is 0. The monoisotopic (exact) mass is 384 g/mol. The lowest BCUT2D eigenvalue weighted by atomic mass is 10.0. The Kier molecular flexibility index (Phi) is 3.28. The normalized spacial score (nSPS) is 11.4. The highest BCUT2D eigenvalue weighted by atomic mass is 79.9. The highest BCUT2D eigenvalue weighted by molar-refractivity contribution is 9.10. The standard InChI is InChI=1S/C22H13BrN2/c23-19-7-5-14(6-8-19)22-13-24-20-11-17-9-15-3-1-2-4-16(15)10-18(17)12-21(20)25-22/h1-13H. The van der Waals surface area contributed by atoms with Crippen LogP contribution < -0.4 is 0 Å². The molecule has 0 saturated heterocycles. The predicted molar refractivity (Wildman–Crippen MR) is 108 cm³/mol. The molecule has 0 spiro atoms. The molecule has 5 aromatic rings. The summed E-state index contributed by atoms with van der Waals surface area (Å²) >= 11 is 3.47. The van der Waals surface area contributed by atoms with Gasteiger partial charge in [0, 0.05) is 10.0 Å². The van der Waals surface area contributed by atoms with E-state index in [2.05, 4.69) is 81.6 Å². The highest BCUT2D eigenvalue weighted by Crippen LogP contribution is 2.27. The summed E-state index contributed by atoms with van der Waals surface area (Å²) in [6, 6.07) is 25.3. The first-order valence-electron chi connectivity index (χ1n) is 8.11. The van der Waals surface area contributed by atoms with Crippen LogP contribution in [0.4, 0.5) is 0 Å². The van der Waals surface area contributed by atoms with Crippen molar-refractivity contribution in [1.29, 1.82) is 0 Å². The van der Waals surface area contributed by atoms with Crippen molar-refractivity contribution in [3.05, 3.63) is 83.5 Å². The van der Waals surface area contributed by atoms with Gasteiger partial charge in [-0.3, -0.25) is 4.98 Å². The van der Waals surface area contributed by atoms with Gasteiger partial charge in [0.25, 0.3) is 0 Å². The predicted octanol–water partition coefficient (Wildman–Crippen LogP) is 6.37. The second-order valence-electron chi connectivity index (χ2n) is 6.15. The van der Waals surface area contributed by atoms with E-state index in [1.54, 1.807) is 0 Å². The minimum atomic E-state index is 0.889. The van der Waals surface area contributed by atoms with Gasteiger partial charge in [-0.25, -0.2) is 4.98 Å². The minimum absolute atomic E-state index is 0.889. The molecule has 3 heteroatoms. The smallest absolute Gasteiger partial charge is 0.0900 e. The van der Waals surface area contributed by atoms with Crippen LogP contribution in [0.1, 0.15) is 0 Å².